The second kappa shape index (κ2) is 6.04. The minimum atomic E-state index is -3.76. The Morgan fingerprint density at radius 2 is 2.14 bits per heavy atom. The summed E-state index contributed by atoms with van der Waals surface area (Å²) in [5.74, 6) is -1.16. The SMILES string of the molecule is Cc1c(Br)cc(C(=O)O)cc1S(=O)(=O)N1CCOC[C@H]1C. The van der Waals surface area contributed by atoms with E-state index in [9.17, 15) is 13.2 Å². The van der Waals surface area contributed by atoms with Crippen molar-refractivity contribution in [3.63, 3.8) is 0 Å². The highest BCUT2D eigenvalue weighted by molar-refractivity contribution is 9.10. The second-order valence-electron chi connectivity index (χ2n) is 4.93. The Morgan fingerprint density at radius 3 is 2.71 bits per heavy atom. The summed E-state index contributed by atoms with van der Waals surface area (Å²) in [5.41, 5.74) is 0.436. The summed E-state index contributed by atoms with van der Waals surface area (Å²) in [5, 5.41) is 9.10. The van der Waals surface area contributed by atoms with Crippen LogP contribution in [0, 0.1) is 6.92 Å². The standard InChI is InChI=1S/C13H16BrNO5S/c1-8-7-20-4-3-15(8)21(18,19)12-6-10(13(16)17)5-11(14)9(12)2/h5-6,8H,3-4,7H2,1-2H3,(H,16,17)/t8-/m1/s1. The van der Waals surface area contributed by atoms with Crippen LogP contribution in [0.5, 0.6) is 0 Å². The molecule has 0 unspecified atom stereocenters. The Hall–Kier alpha value is -0.960. The first-order chi connectivity index (χ1) is 9.75. The molecule has 1 aromatic rings. The number of benzene rings is 1. The highest BCUT2D eigenvalue weighted by Gasteiger charge is 2.33. The van der Waals surface area contributed by atoms with E-state index < -0.39 is 16.0 Å². The average Bonchev–Trinajstić information content (AvgIpc) is 2.41. The van der Waals surface area contributed by atoms with Crippen molar-refractivity contribution in [2.45, 2.75) is 24.8 Å². The van der Waals surface area contributed by atoms with Crippen LogP contribution < -0.4 is 0 Å². The van der Waals surface area contributed by atoms with Crippen LogP contribution in [-0.2, 0) is 14.8 Å². The molecule has 8 heteroatoms. The smallest absolute Gasteiger partial charge is 0.335 e. The molecule has 0 aromatic heterocycles. The topological polar surface area (TPSA) is 83.9 Å². The Bertz CT molecular complexity index is 673. The fraction of sp³-hybridized carbons (Fsp3) is 0.462. The molecule has 6 nitrogen and oxygen atoms in total. The lowest BCUT2D eigenvalue weighted by atomic mass is 10.1. The van der Waals surface area contributed by atoms with Gasteiger partial charge < -0.3 is 9.84 Å². The van der Waals surface area contributed by atoms with Gasteiger partial charge in [-0.3, -0.25) is 0 Å². The maximum absolute atomic E-state index is 12.8. The number of carboxylic acids is 1. The largest absolute Gasteiger partial charge is 0.478 e. The van der Waals surface area contributed by atoms with Crippen LogP contribution in [-0.4, -0.2) is 49.6 Å². The molecule has 21 heavy (non-hydrogen) atoms. The number of rotatable bonds is 3. The summed E-state index contributed by atoms with van der Waals surface area (Å²) < 4.78 is 32.7. The van der Waals surface area contributed by atoms with Gasteiger partial charge in [-0.1, -0.05) is 15.9 Å². The Balaban J connectivity index is 2.56. The number of aromatic carboxylic acids is 1. The van der Waals surface area contributed by atoms with Gasteiger partial charge in [-0.25, -0.2) is 13.2 Å². The summed E-state index contributed by atoms with van der Waals surface area (Å²) in [6.07, 6.45) is 0. The quantitative estimate of drug-likeness (QED) is 0.868. The van der Waals surface area contributed by atoms with Gasteiger partial charge in [0.05, 0.1) is 23.7 Å². The van der Waals surface area contributed by atoms with Crippen LogP contribution >= 0.6 is 15.9 Å². The fourth-order valence-corrected chi connectivity index (χ4v) is 4.71. The molecular weight excluding hydrogens is 362 g/mol. The molecule has 1 aliphatic rings. The number of hydrogen-bond donors (Lipinski definition) is 1. The number of nitrogens with zero attached hydrogens (tertiary/aromatic N) is 1. The molecule has 1 saturated heterocycles. The van der Waals surface area contributed by atoms with Gasteiger partial charge in [0.25, 0.3) is 0 Å². The number of sulfonamides is 1. The van der Waals surface area contributed by atoms with Crippen molar-refractivity contribution in [2.24, 2.45) is 0 Å². The van der Waals surface area contributed by atoms with E-state index in [0.717, 1.165) is 0 Å². The van der Waals surface area contributed by atoms with Gasteiger partial charge in [0.2, 0.25) is 10.0 Å². The van der Waals surface area contributed by atoms with Crippen molar-refractivity contribution in [3.05, 3.63) is 27.7 Å². The zero-order chi connectivity index (χ0) is 15.8. The summed E-state index contributed by atoms with van der Waals surface area (Å²) in [6.45, 7) is 4.34. The van der Waals surface area contributed by atoms with E-state index in [1.807, 2.05) is 0 Å². The first-order valence-electron chi connectivity index (χ1n) is 6.38. The van der Waals surface area contributed by atoms with E-state index in [1.54, 1.807) is 13.8 Å². The molecule has 0 spiro atoms. The number of carbonyl (C=O) groups is 1. The number of halogens is 1. The number of carboxylic acid groups (broad SMARTS) is 1. The number of ether oxygens (including phenoxy) is 1. The number of hydrogen-bond acceptors (Lipinski definition) is 4. The predicted molar refractivity (Wildman–Crippen MR) is 80.0 cm³/mol. The maximum atomic E-state index is 12.8. The zero-order valence-electron chi connectivity index (χ0n) is 11.7. The van der Waals surface area contributed by atoms with Crippen LogP contribution in [0.2, 0.25) is 0 Å². The molecule has 1 aliphatic heterocycles. The van der Waals surface area contributed by atoms with Gasteiger partial charge >= 0.3 is 5.97 Å². The number of morpholine rings is 1. The summed E-state index contributed by atoms with van der Waals surface area (Å²) in [7, 11) is -3.76. The van der Waals surface area contributed by atoms with Crippen LogP contribution in [0.4, 0.5) is 0 Å². The second-order valence-corrected chi connectivity index (χ2v) is 7.64. The third-order valence-corrected chi connectivity index (χ3v) is 6.40. The first-order valence-corrected chi connectivity index (χ1v) is 8.61. The monoisotopic (exact) mass is 377 g/mol. The maximum Gasteiger partial charge on any atom is 0.335 e. The van der Waals surface area contributed by atoms with Crippen LogP contribution in [0.15, 0.2) is 21.5 Å². The van der Waals surface area contributed by atoms with E-state index in [2.05, 4.69) is 15.9 Å². The average molecular weight is 378 g/mol. The van der Waals surface area contributed by atoms with Crippen molar-refractivity contribution in [1.82, 2.24) is 4.31 Å². The van der Waals surface area contributed by atoms with Crippen molar-refractivity contribution < 1.29 is 23.1 Å². The molecule has 0 bridgehead atoms. The molecular formula is C13H16BrNO5S. The van der Waals surface area contributed by atoms with Crippen LogP contribution in [0.25, 0.3) is 0 Å². The molecule has 0 saturated carbocycles. The Labute approximate surface area is 131 Å². The lowest BCUT2D eigenvalue weighted by Crippen LogP contribution is -2.47. The Kier molecular flexibility index (Phi) is 4.72. The normalized spacial score (nSPS) is 20.4. The molecule has 1 atom stereocenters. The molecule has 2 rings (SSSR count). The van der Waals surface area contributed by atoms with Crippen LogP contribution in [0.1, 0.15) is 22.8 Å². The molecule has 1 fully saturated rings. The van der Waals surface area contributed by atoms with E-state index in [4.69, 9.17) is 9.84 Å². The van der Waals surface area contributed by atoms with E-state index in [0.29, 0.717) is 23.2 Å². The lowest BCUT2D eigenvalue weighted by molar-refractivity contribution is 0.0392. The van der Waals surface area contributed by atoms with E-state index in [1.165, 1.54) is 16.4 Å². The summed E-state index contributed by atoms with van der Waals surface area (Å²) >= 11 is 3.23. The zero-order valence-corrected chi connectivity index (χ0v) is 14.1. The van der Waals surface area contributed by atoms with E-state index >= 15 is 0 Å². The minimum absolute atomic E-state index is 0.0167. The summed E-state index contributed by atoms with van der Waals surface area (Å²) in [4.78, 5) is 11.2. The molecule has 0 aliphatic carbocycles. The van der Waals surface area contributed by atoms with Gasteiger partial charge in [0.1, 0.15) is 0 Å². The van der Waals surface area contributed by atoms with Gasteiger partial charge in [-0.15, -0.1) is 0 Å². The molecule has 1 N–H and O–H groups in total. The van der Waals surface area contributed by atoms with E-state index in [-0.39, 0.29) is 23.0 Å². The Morgan fingerprint density at radius 1 is 1.48 bits per heavy atom. The lowest BCUT2D eigenvalue weighted by Gasteiger charge is -2.32. The molecule has 116 valence electrons. The highest BCUT2D eigenvalue weighted by atomic mass is 79.9. The molecule has 0 amide bonds. The molecule has 0 radical (unpaired) electrons. The summed E-state index contributed by atoms with van der Waals surface area (Å²) in [6, 6.07) is 2.33. The third kappa shape index (κ3) is 3.13. The predicted octanol–water partition coefficient (Wildman–Crippen LogP) is 1.87. The van der Waals surface area contributed by atoms with Crippen molar-refractivity contribution in [2.75, 3.05) is 19.8 Å². The van der Waals surface area contributed by atoms with Crippen molar-refractivity contribution in [1.29, 1.82) is 0 Å². The minimum Gasteiger partial charge on any atom is -0.478 e. The van der Waals surface area contributed by atoms with Gasteiger partial charge in [-0.2, -0.15) is 4.31 Å². The van der Waals surface area contributed by atoms with Crippen LogP contribution in [0.3, 0.4) is 0 Å². The molecule has 1 aromatic carbocycles. The van der Waals surface area contributed by atoms with Crippen molar-refractivity contribution >= 4 is 31.9 Å². The first kappa shape index (κ1) is 16.4. The molecule has 1 heterocycles. The highest BCUT2D eigenvalue weighted by Crippen LogP contribution is 2.29. The third-order valence-electron chi connectivity index (χ3n) is 3.44. The van der Waals surface area contributed by atoms with Gasteiger partial charge in [-0.05, 0) is 31.5 Å². The fourth-order valence-electron chi connectivity index (χ4n) is 2.24. The van der Waals surface area contributed by atoms with Gasteiger partial charge in [0.15, 0.2) is 0 Å². The van der Waals surface area contributed by atoms with Gasteiger partial charge in [0, 0.05) is 17.1 Å². The van der Waals surface area contributed by atoms with Crippen molar-refractivity contribution in [3.8, 4) is 0 Å².